The molecule has 2 aromatic heterocycles. The van der Waals surface area contributed by atoms with E-state index >= 15 is 0 Å². The molecule has 0 saturated carbocycles. The zero-order valence-corrected chi connectivity index (χ0v) is 11.6. The monoisotopic (exact) mass is 307 g/mol. The number of carbonyl (C=O) groups is 1. The van der Waals surface area contributed by atoms with E-state index in [0.29, 0.717) is 11.0 Å². The number of rotatable bonds is 2. The number of H-pyrrole nitrogens is 1. The van der Waals surface area contributed by atoms with E-state index in [9.17, 15) is 9.59 Å². The number of hydrogen-bond acceptors (Lipinski definition) is 6. The maximum absolute atomic E-state index is 12.2. The number of carbonyl (C=O) groups excluding carboxylic acids is 1. The van der Waals surface area contributed by atoms with Gasteiger partial charge in [0.15, 0.2) is 0 Å². The summed E-state index contributed by atoms with van der Waals surface area (Å²) in [6.45, 7) is 0. The Morgan fingerprint density at radius 2 is 2.00 bits per heavy atom. The van der Waals surface area contributed by atoms with Crippen LogP contribution in [0.4, 0.5) is 5.95 Å². The van der Waals surface area contributed by atoms with E-state index in [-0.39, 0.29) is 11.5 Å². The highest BCUT2D eigenvalue weighted by molar-refractivity contribution is 6.10. The molecular formula is C15H9N5O3. The fourth-order valence-electron chi connectivity index (χ4n) is 2.41. The maximum Gasteiger partial charge on any atom is 0.349 e. The van der Waals surface area contributed by atoms with Crippen molar-refractivity contribution in [3.8, 4) is 0 Å². The molecular weight excluding hydrogens is 298 g/mol. The number of benzene rings is 2. The molecule has 8 nitrogen and oxygen atoms in total. The van der Waals surface area contributed by atoms with Gasteiger partial charge in [-0.3, -0.25) is 10.1 Å². The van der Waals surface area contributed by atoms with Gasteiger partial charge in [-0.15, -0.1) is 5.10 Å². The smallest absolute Gasteiger partial charge is 0.349 e. The summed E-state index contributed by atoms with van der Waals surface area (Å²) in [6, 6.07) is 12.7. The molecule has 0 bridgehead atoms. The zero-order chi connectivity index (χ0) is 15.8. The number of amides is 1. The summed E-state index contributed by atoms with van der Waals surface area (Å²) in [7, 11) is 0. The Morgan fingerprint density at radius 3 is 2.83 bits per heavy atom. The van der Waals surface area contributed by atoms with Crippen LogP contribution < -0.4 is 10.9 Å². The first kappa shape index (κ1) is 13.1. The first-order valence-corrected chi connectivity index (χ1v) is 6.73. The molecule has 8 heteroatoms. The lowest BCUT2D eigenvalue weighted by Gasteiger charge is -2.05. The van der Waals surface area contributed by atoms with Crippen LogP contribution in [0.3, 0.4) is 0 Å². The van der Waals surface area contributed by atoms with Gasteiger partial charge in [-0.05, 0) is 28.1 Å². The Hall–Kier alpha value is -3.55. The van der Waals surface area contributed by atoms with Crippen molar-refractivity contribution in [2.45, 2.75) is 0 Å². The summed E-state index contributed by atoms with van der Waals surface area (Å²) < 4.78 is 5.26. The number of tetrazole rings is 1. The van der Waals surface area contributed by atoms with Crippen LogP contribution in [0, 0.1) is 0 Å². The van der Waals surface area contributed by atoms with Crippen LogP contribution in [0.1, 0.15) is 10.4 Å². The lowest BCUT2D eigenvalue weighted by atomic mass is 10.0. The fourth-order valence-corrected chi connectivity index (χ4v) is 2.41. The van der Waals surface area contributed by atoms with E-state index in [0.717, 1.165) is 10.8 Å². The molecule has 4 rings (SSSR count). The molecule has 2 N–H and O–H groups in total. The first-order chi connectivity index (χ1) is 11.2. The molecule has 0 fully saturated rings. The predicted octanol–water partition coefficient (Wildman–Crippen LogP) is 1.71. The molecule has 2 heterocycles. The Kier molecular flexibility index (Phi) is 2.87. The van der Waals surface area contributed by atoms with Gasteiger partial charge >= 0.3 is 5.63 Å². The Morgan fingerprint density at radius 1 is 1.13 bits per heavy atom. The van der Waals surface area contributed by atoms with Crippen LogP contribution in [0.5, 0.6) is 0 Å². The summed E-state index contributed by atoms with van der Waals surface area (Å²) in [6.07, 6.45) is 0. The molecule has 0 spiro atoms. The molecule has 0 aliphatic heterocycles. The number of nitrogens with zero attached hydrogens (tertiary/aromatic N) is 3. The second kappa shape index (κ2) is 5.02. The van der Waals surface area contributed by atoms with E-state index in [1.807, 2.05) is 30.3 Å². The number of hydrogen-bond donors (Lipinski definition) is 2. The highest BCUT2D eigenvalue weighted by Crippen LogP contribution is 2.25. The Balaban J connectivity index is 1.89. The maximum atomic E-state index is 12.2. The van der Waals surface area contributed by atoms with Gasteiger partial charge in [-0.1, -0.05) is 35.4 Å². The van der Waals surface area contributed by atoms with Crippen molar-refractivity contribution in [3.05, 3.63) is 58.4 Å². The lowest BCUT2D eigenvalue weighted by molar-refractivity contribution is 0.102. The minimum absolute atomic E-state index is 0.0209. The van der Waals surface area contributed by atoms with Crippen LogP contribution in [-0.2, 0) is 0 Å². The number of nitrogens with one attached hydrogen (secondary N) is 2. The molecule has 2 aromatic carbocycles. The summed E-state index contributed by atoms with van der Waals surface area (Å²) in [5, 5.41) is 17.7. The van der Waals surface area contributed by atoms with Gasteiger partial charge in [0.2, 0.25) is 0 Å². The van der Waals surface area contributed by atoms with Crippen LogP contribution in [0.25, 0.3) is 21.7 Å². The summed E-state index contributed by atoms with van der Waals surface area (Å²) in [5.74, 6) is -0.678. The molecule has 0 atom stereocenters. The van der Waals surface area contributed by atoms with Crippen molar-refractivity contribution in [2.24, 2.45) is 0 Å². The second-order valence-corrected chi connectivity index (χ2v) is 4.84. The third-order valence-corrected chi connectivity index (χ3v) is 3.46. The van der Waals surface area contributed by atoms with Gasteiger partial charge in [0.05, 0.1) is 0 Å². The lowest BCUT2D eigenvalue weighted by Crippen LogP contribution is -2.21. The molecule has 0 radical (unpaired) electrons. The van der Waals surface area contributed by atoms with E-state index in [1.165, 1.54) is 6.07 Å². The van der Waals surface area contributed by atoms with Crippen LogP contribution in [0.15, 0.2) is 51.7 Å². The normalized spacial score (nSPS) is 11.0. The van der Waals surface area contributed by atoms with Gasteiger partial charge in [-0.2, -0.15) is 5.21 Å². The van der Waals surface area contributed by atoms with Gasteiger partial charge in [-0.25, -0.2) is 4.79 Å². The van der Waals surface area contributed by atoms with E-state index in [2.05, 4.69) is 25.9 Å². The summed E-state index contributed by atoms with van der Waals surface area (Å²) in [4.78, 5) is 24.3. The highest BCUT2D eigenvalue weighted by Gasteiger charge is 2.16. The average molecular weight is 307 g/mol. The molecule has 0 unspecified atom stereocenters. The average Bonchev–Trinajstić information content (AvgIpc) is 3.07. The van der Waals surface area contributed by atoms with Gasteiger partial charge in [0.1, 0.15) is 11.1 Å². The van der Waals surface area contributed by atoms with Crippen LogP contribution >= 0.6 is 0 Å². The SMILES string of the molecule is O=C(Nc1nn[nH]n1)c1cc2c(ccc3ccccc32)oc1=O. The minimum atomic E-state index is -0.728. The Labute approximate surface area is 128 Å². The zero-order valence-electron chi connectivity index (χ0n) is 11.6. The molecule has 0 aliphatic rings. The van der Waals surface area contributed by atoms with Crippen LogP contribution in [0.2, 0.25) is 0 Å². The minimum Gasteiger partial charge on any atom is -0.422 e. The molecule has 0 saturated heterocycles. The summed E-state index contributed by atoms with van der Waals surface area (Å²) >= 11 is 0. The largest absolute Gasteiger partial charge is 0.422 e. The molecule has 4 aromatic rings. The van der Waals surface area contributed by atoms with Crippen molar-refractivity contribution in [1.29, 1.82) is 0 Å². The number of aromatic nitrogens is 4. The third kappa shape index (κ3) is 2.22. The van der Waals surface area contributed by atoms with Gasteiger partial charge in [0.25, 0.3) is 11.9 Å². The van der Waals surface area contributed by atoms with E-state index in [1.54, 1.807) is 6.07 Å². The molecule has 23 heavy (non-hydrogen) atoms. The third-order valence-electron chi connectivity index (χ3n) is 3.46. The molecule has 1 amide bonds. The number of anilines is 1. The van der Waals surface area contributed by atoms with Gasteiger partial charge < -0.3 is 4.42 Å². The van der Waals surface area contributed by atoms with Crippen molar-refractivity contribution in [1.82, 2.24) is 20.6 Å². The van der Waals surface area contributed by atoms with E-state index in [4.69, 9.17) is 4.42 Å². The first-order valence-electron chi connectivity index (χ1n) is 6.73. The van der Waals surface area contributed by atoms with Crippen molar-refractivity contribution >= 4 is 33.6 Å². The standard InChI is InChI=1S/C15H9N5O3/c21-13(16-15-17-19-20-18-15)11-7-10-9-4-2-1-3-8(9)5-6-12(10)23-14(11)22/h1-7H,(H2,16,17,18,19,20,21). The van der Waals surface area contributed by atoms with Crippen molar-refractivity contribution < 1.29 is 9.21 Å². The fraction of sp³-hybridized carbons (Fsp3) is 0. The highest BCUT2D eigenvalue weighted by atomic mass is 16.4. The number of fused-ring (bicyclic) bond motifs is 3. The van der Waals surface area contributed by atoms with E-state index < -0.39 is 11.5 Å². The molecule has 112 valence electrons. The van der Waals surface area contributed by atoms with Crippen molar-refractivity contribution in [3.63, 3.8) is 0 Å². The molecule has 0 aliphatic carbocycles. The van der Waals surface area contributed by atoms with Crippen molar-refractivity contribution in [2.75, 3.05) is 5.32 Å². The van der Waals surface area contributed by atoms with Gasteiger partial charge in [0, 0.05) is 5.39 Å². The topological polar surface area (TPSA) is 114 Å². The number of aromatic amines is 1. The Bertz CT molecular complexity index is 1090. The predicted molar refractivity (Wildman–Crippen MR) is 82.1 cm³/mol. The van der Waals surface area contributed by atoms with Crippen LogP contribution in [-0.4, -0.2) is 26.5 Å². The quantitative estimate of drug-likeness (QED) is 0.430. The summed E-state index contributed by atoms with van der Waals surface area (Å²) in [5.41, 5.74) is -0.433. The second-order valence-electron chi connectivity index (χ2n) is 4.84.